The molecule has 0 radical (unpaired) electrons. The van der Waals surface area contributed by atoms with E-state index in [4.69, 9.17) is 40.3 Å². The number of allylic oxidation sites excluding steroid dienone is 2. The van der Waals surface area contributed by atoms with Crippen molar-refractivity contribution in [3.63, 3.8) is 0 Å². The molecule has 1 aromatic carbocycles. The Morgan fingerprint density at radius 2 is 1.65 bits per heavy atom. The van der Waals surface area contributed by atoms with Gasteiger partial charge in [-0.25, -0.2) is 0 Å². The summed E-state index contributed by atoms with van der Waals surface area (Å²) in [5.74, 6) is -0.600. The normalized spacial score (nSPS) is 24.5. The van der Waals surface area contributed by atoms with Crippen molar-refractivity contribution >= 4 is 37.2 Å². The molecule has 0 aliphatic heterocycles. The number of carbonyl (C=O) groups is 2. The van der Waals surface area contributed by atoms with Crippen molar-refractivity contribution in [3.05, 3.63) is 59.9 Å². The van der Waals surface area contributed by atoms with Gasteiger partial charge >= 0.3 is 0 Å². The summed E-state index contributed by atoms with van der Waals surface area (Å²) in [6, 6.07) is 9.76. The van der Waals surface area contributed by atoms with Crippen LogP contribution in [-0.2, 0) is 44.3 Å². The second-order valence-corrected chi connectivity index (χ2v) is 18.2. The van der Waals surface area contributed by atoms with E-state index in [2.05, 4.69) is 41.5 Å². The van der Waals surface area contributed by atoms with Gasteiger partial charge in [0.15, 0.2) is 28.3 Å². The van der Waals surface area contributed by atoms with Gasteiger partial charge < -0.3 is 28.1 Å². The van der Waals surface area contributed by atoms with Crippen LogP contribution in [0.25, 0.3) is 0 Å². The molecule has 10 heteroatoms. The third-order valence-electron chi connectivity index (χ3n) is 8.62. The van der Waals surface area contributed by atoms with E-state index in [0.29, 0.717) is 35.4 Å². The molecular formula is C33H48O8SSi. The predicted octanol–water partition coefficient (Wildman–Crippen LogP) is 6.48. The van der Waals surface area contributed by atoms with Gasteiger partial charge in [-0.15, -0.1) is 0 Å². The molecule has 0 amide bonds. The zero-order valence-electron chi connectivity index (χ0n) is 26.8. The molecule has 43 heavy (non-hydrogen) atoms. The van der Waals surface area contributed by atoms with Crippen molar-refractivity contribution in [3.8, 4) is 0 Å². The quantitative estimate of drug-likeness (QED) is 0.122. The molecule has 2 aliphatic carbocycles. The molecule has 1 aromatic rings. The van der Waals surface area contributed by atoms with Gasteiger partial charge in [0, 0.05) is 33.1 Å². The van der Waals surface area contributed by atoms with Gasteiger partial charge in [-0.2, -0.15) is 0 Å². The van der Waals surface area contributed by atoms with Gasteiger partial charge in [0.25, 0.3) is 0 Å². The number of thiocarbonyl (C=S) groups is 1. The van der Waals surface area contributed by atoms with E-state index in [9.17, 15) is 9.59 Å². The van der Waals surface area contributed by atoms with Crippen molar-refractivity contribution in [2.24, 2.45) is 5.92 Å². The summed E-state index contributed by atoms with van der Waals surface area (Å²) in [6.45, 7) is 13.6. The van der Waals surface area contributed by atoms with Crippen LogP contribution in [0.2, 0.25) is 16.6 Å². The SMILES string of the molecule is COCO[C@H]1C(=O)C=CC[C@](CO[Si](C(C)C)(C(C)C)C(C)C)(OC(=S)C2CC(OCc3ccccc3)=CC2=O)[C@H]1OC. The Balaban J connectivity index is 1.92. The lowest BCUT2D eigenvalue weighted by Crippen LogP contribution is -2.60. The summed E-state index contributed by atoms with van der Waals surface area (Å²) in [5.41, 5.74) is 0.697. The minimum absolute atomic E-state index is 0.110. The minimum atomic E-state index is -2.38. The van der Waals surface area contributed by atoms with E-state index in [0.717, 1.165) is 5.56 Å². The first-order chi connectivity index (χ1) is 20.4. The highest BCUT2D eigenvalue weighted by Crippen LogP contribution is 2.44. The van der Waals surface area contributed by atoms with E-state index in [-0.39, 0.29) is 36.4 Å². The molecule has 0 saturated carbocycles. The van der Waals surface area contributed by atoms with E-state index in [1.807, 2.05) is 30.3 Å². The zero-order chi connectivity index (χ0) is 31.8. The highest BCUT2D eigenvalue weighted by Gasteiger charge is 2.54. The van der Waals surface area contributed by atoms with Gasteiger partial charge in [0.1, 0.15) is 25.3 Å². The molecule has 8 nitrogen and oxygen atoms in total. The molecule has 0 saturated heterocycles. The van der Waals surface area contributed by atoms with Gasteiger partial charge in [-0.05, 0) is 40.5 Å². The molecule has 0 heterocycles. The molecule has 3 rings (SSSR count). The fourth-order valence-electron chi connectivity index (χ4n) is 6.62. The van der Waals surface area contributed by atoms with Crippen LogP contribution in [0.15, 0.2) is 54.3 Å². The Hall–Kier alpha value is -2.21. The minimum Gasteiger partial charge on any atom is -0.493 e. The second-order valence-electron chi connectivity index (χ2n) is 12.3. The standard InChI is InChI=1S/C33H48O8SSi/c1-22(2)43(23(3)4,24(5)6)40-20-33(16-12-15-28(34)30(31(33)37-8)39-21-36-7)41-32(42)27-17-26(18-29(27)35)38-19-25-13-10-9-11-14-25/h9-15,18,22-24,27,30-31H,16-17,19-21H2,1-8H3/t27?,30-,31-,33+/m0/s1. The first-order valence-corrected chi connectivity index (χ1v) is 17.6. The van der Waals surface area contributed by atoms with Gasteiger partial charge in [0.05, 0.1) is 12.5 Å². The van der Waals surface area contributed by atoms with E-state index >= 15 is 0 Å². The summed E-state index contributed by atoms with van der Waals surface area (Å²) in [5, 5.41) is 0.115. The van der Waals surface area contributed by atoms with Crippen LogP contribution in [0.4, 0.5) is 0 Å². The number of rotatable bonds is 15. The van der Waals surface area contributed by atoms with Crippen LogP contribution in [0, 0.1) is 5.92 Å². The van der Waals surface area contributed by atoms with E-state index in [1.165, 1.54) is 26.4 Å². The Kier molecular flexibility index (Phi) is 12.9. The maximum Gasteiger partial charge on any atom is 0.200 e. The number of hydrogen-bond donors (Lipinski definition) is 0. The Morgan fingerprint density at radius 3 is 2.23 bits per heavy atom. The summed E-state index contributed by atoms with van der Waals surface area (Å²) < 4.78 is 36.7. The number of hydrogen-bond acceptors (Lipinski definition) is 9. The van der Waals surface area contributed by atoms with E-state index in [1.54, 1.807) is 6.08 Å². The monoisotopic (exact) mass is 632 g/mol. The average Bonchev–Trinajstić information content (AvgIpc) is 3.28. The van der Waals surface area contributed by atoms with Crippen molar-refractivity contribution in [1.29, 1.82) is 0 Å². The fourth-order valence-corrected chi connectivity index (χ4v) is 12.5. The zero-order valence-corrected chi connectivity index (χ0v) is 28.6. The summed E-state index contributed by atoms with van der Waals surface area (Å²) in [6.07, 6.45) is 3.38. The van der Waals surface area contributed by atoms with Gasteiger partial charge in [-0.3, -0.25) is 9.59 Å². The molecule has 238 valence electrons. The predicted molar refractivity (Wildman–Crippen MR) is 172 cm³/mol. The fraction of sp³-hybridized carbons (Fsp3) is 0.606. The number of ether oxygens (including phenoxy) is 5. The smallest absolute Gasteiger partial charge is 0.200 e. The lowest BCUT2D eigenvalue weighted by molar-refractivity contribution is -0.185. The maximum absolute atomic E-state index is 13.2. The van der Waals surface area contributed by atoms with Crippen molar-refractivity contribution < 1.29 is 37.7 Å². The summed E-state index contributed by atoms with van der Waals surface area (Å²) >= 11 is 5.83. The molecular weight excluding hydrogens is 585 g/mol. The number of benzene rings is 1. The van der Waals surface area contributed by atoms with Crippen LogP contribution >= 0.6 is 12.2 Å². The molecule has 0 spiro atoms. The molecule has 1 unspecified atom stereocenters. The number of methoxy groups -OCH3 is 2. The first-order valence-electron chi connectivity index (χ1n) is 15.0. The Bertz CT molecular complexity index is 1140. The molecule has 0 fully saturated rings. The van der Waals surface area contributed by atoms with Crippen molar-refractivity contribution in [1.82, 2.24) is 0 Å². The largest absolute Gasteiger partial charge is 0.493 e. The average molecular weight is 633 g/mol. The Morgan fingerprint density at radius 1 is 1.00 bits per heavy atom. The lowest BCUT2D eigenvalue weighted by atomic mass is 9.89. The lowest BCUT2D eigenvalue weighted by Gasteiger charge is -2.47. The molecule has 0 N–H and O–H groups in total. The number of ketones is 2. The highest BCUT2D eigenvalue weighted by atomic mass is 32.1. The van der Waals surface area contributed by atoms with Crippen LogP contribution in [0.3, 0.4) is 0 Å². The summed E-state index contributed by atoms with van der Waals surface area (Å²) in [4.78, 5) is 26.3. The molecule has 0 aromatic heterocycles. The van der Waals surface area contributed by atoms with Gasteiger partial charge in [0.2, 0.25) is 8.32 Å². The second kappa shape index (κ2) is 15.7. The van der Waals surface area contributed by atoms with Crippen LogP contribution in [0.1, 0.15) is 59.9 Å². The first kappa shape index (κ1) is 35.3. The van der Waals surface area contributed by atoms with Gasteiger partial charge in [-0.1, -0.05) is 78.0 Å². The van der Waals surface area contributed by atoms with Crippen LogP contribution in [-0.4, -0.2) is 70.4 Å². The van der Waals surface area contributed by atoms with E-state index < -0.39 is 32.0 Å². The summed E-state index contributed by atoms with van der Waals surface area (Å²) in [7, 11) is 0.626. The Labute approximate surface area is 263 Å². The number of carbonyl (C=O) groups excluding carboxylic acids is 2. The topological polar surface area (TPSA) is 89.5 Å². The van der Waals surface area contributed by atoms with Crippen LogP contribution < -0.4 is 0 Å². The molecule has 2 aliphatic rings. The third-order valence-corrected chi connectivity index (χ3v) is 15.0. The van der Waals surface area contributed by atoms with Crippen molar-refractivity contribution in [2.75, 3.05) is 27.6 Å². The van der Waals surface area contributed by atoms with Crippen LogP contribution in [0.5, 0.6) is 0 Å². The molecule has 4 atom stereocenters. The highest BCUT2D eigenvalue weighted by molar-refractivity contribution is 7.80. The third kappa shape index (κ3) is 8.09. The molecule has 0 bridgehead atoms. The van der Waals surface area contributed by atoms with Crippen molar-refractivity contribution in [2.45, 2.75) is 95.4 Å². The maximum atomic E-state index is 13.2.